The molecule has 3 nitrogen and oxygen atoms in total. The Balaban J connectivity index is 1.68. The van der Waals surface area contributed by atoms with Crippen LogP contribution in [0.1, 0.15) is 9.67 Å². The van der Waals surface area contributed by atoms with Crippen LogP contribution in [-0.2, 0) is 0 Å². The third kappa shape index (κ3) is 3.75. The summed E-state index contributed by atoms with van der Waals surface area (Å²) in [4.78, 5) is 14.3. The molecule has 0 spiro atoms. The number of likely N-dealkylation sites (N-methyl/N-ethyl adjacent to an activating group) is 1. The summed E-state index contributed by atoms with van der Waals surface area (Å²) >= 11 is 7.40. The van der Waals surface area contributed by atoms with Gasteiger partial charge >= 0.3 is 0 Å². The SMILES string of the molecule is CN(CCOc1ccccc1F)C(=O)c1sc2cc(F)ccc2c1Cl. The molecule has 0 aliphatic rings. The van der Waals surface area contributed by atoms with Gasteiger partial charge in [0.2, 0.25) is 0 Å². The van der Waals surface area contributed by atoms with Crippen LogP contribution in [0.4, 0.5) is 8.78 Å². The van der Waals surface area contributed by atoms with Crippen LogP contribution < -0.4 is 4.74 Å². The van der Waals surface area contributed by atoms with Crippen LogP contribution in [0, 0.1) is 11.6 Å². The van der Waals surface area contributed by atoms with E-state index in [1.54, 1.807) is 25.2 Å². The zero-order valence-corrected chi connectivity index (χ0v) is 14.8. The molecule has 0 saturated heterocycles. The normalized spacial score (nSPS) is 10.9. The van der Waals surface area contributed by atoms with Crippen molar-refractivity contribution in [3.8, 4) is 5.75 Å². The summed E-state index contributed by atoms with van der Waals surface area (Å²) in [5.74, 6) is -0.982. The van der Waals surface area contributed by atoms with Crippen LogP contribution in [-0.4, -0.2) is 31.0 Å². The molecule has 0 aliphatic heterocycles. The van der Waals surface area contributed by atoms with Gasteiger partial charge in [0.05, 0.1) is 11.6 Å². The molecule has 1 aromatic heterocycles. The highest BCUT2D eigenvalue weighted by atomic mass is 35.5. The number of rotatable bonds is 5. The average Bonchev–Trinajstić information content (AvgIpc) is 2.91. The van der Waals surface area contributed by atoms with E-state index in [4.69, 9.17) is 16.3 Å². The van der Waals surface area contributed by atoms with Crippen molar-refractivity contribution in [2.75, 3.05) is 20.2 Å². The Morgan fingerprint density at radius 1 is 1.24 bits per heavy atom. The summed E-state index contributed by atoms with van der Waals surface area (Å²) in [5.41, 5.74) is 0. The van der Waals surface area contributed by atoms with Crippen LogP contribution in [0.5, 0.6) is 5.75 Å². The van der Waals surface area contributed by atoms with Crippen molar-refractivity contribution >= 4 is 38.9 Å². The van der Waals surface area contributed by atoms with Crippen LogP contribution >= 0.6 is 22.9 Å². The minimum atomic E-state index is -0.453. The zero-order valence-electron chi connectivity index (χ0n) is 13.3. The Morgan fingerprint density at radius 3 is 2.76 bits per heavy atom. The molecule has 0 unspecified atom stereocenters. The summed E-state index contributed by atoms with van der Waals surface area (Å²) in [6.07, 6.45) is 0. The highest BCUT2D eigenvalue weighted by Crippen LogP contribution is 2.36. The molecule has 3 aromatic rings. The van der Waals surface area contributed by atoms with E-state index in [1.807, 2.05) is 0 Å². The standard InChI is InChI=1S/C18H14ClF2NO2S/c1-22(8-9-24-14-5-3-2-4-13(14)21)18(23)17-16(19)12-7-6-11(20)10-15(12)25-17/h2-7,10H,8-9H2,1H3. The van der Waals surface area contributed by atoms with Crippen molar-refractivity contribution in [3.05, 3.63) is 64.0 Å². The van der Waals surface area contributed by atoms with Crippen molar-refractivity contribution in [3.63, 3.8) is 0 Å². The highest BCUT2D eigenvalue weighted by Gasteiger charge is 2.20. The first-order chi connectivity index (χ1) is 12.0. The number of carbonyl (C=O) groups excluding carboxylic acids is 1. The molecule has 2 aromatic carbocycles. The van der Waals surface area contributed by atoms with Gasteiger partial charge in [0.1, 0.15) is 17.3 Å². The number of fused-ring (bicyclic) bond motifs is 1. The third-order valence-electron chi connectivity index (χ3n) is 3.65. The predicted octanol–water partition coefficient (Wildman–Crippen LogP) is 4.98. The molecule has 3 rings (SSSR count). The van der Waals surface area contributed by atoms with Gasteiger partial charge in [-0.1, -0.05) is 23.7 Å². The Labute approximate surface area is 152 Å². The first-order valence-electron chi connectivity index (χ1n) is 7.47. The third-order valence-corrected chi connectivity index (χ3v) is 5.30. The Morgan fingerprint density at radius 2 is 2.00 bits per heavy atom. The number of nitrogens with zero attached hydrogens (tertiary/aromatic N) is 1. The van der Waals surface area contributed by atoms with Gasteiger partial charge in [0.25, 0.3) is 5.91 Å². The lowest BCUT2D eigenvalue weighted by Crippen LogP contribution is -2.30. The molecule has 25 heavy (non-hydrogen) atoms. The molecule has 1 amide bonds. The summed E-state index contributed by atoms with van der Waals surface area (Å²) in [5, 5.41) is 0.958. The molecule has 1 heterocycles. The molecule has 7 heteroatoms. The lowest BCUT2D eigenvalue weighted by molar-refractivity contribution is 0.0778. The number of thiophene rings is 1. The fraction of sp³-hybridized carbons (Fsp3) is 0.167. The van der Waals surface area contributed by atoms with E-state index in [9.17, 15) is 13.6 Å². The molecule has 0 radical (unpaired) electrons. The number of carbonyl (C=O) groups is 1. The van der Waals surface area contributed by atoms with Crippen molar-refractivity contribution in [1.82, 2.24) is 4.90 Å². The largest absolute Gasteiger partial charge is 0.489 e. The lowest BCUT2D eigenvalue weighted by atomic mass is 10.2. The van der Waals surface area contributed by atoms with Crippen LogP contribution in [0.3, 0.4) is 0 Å². The van der Waals surface area contributed by atoms with Gasteiger partial charge in [-0.05, 0) is 30.3 Å². The fourth-order valence-electron chi connectivity index (χ4n) is 2.31. The van der Waals surface area contributed by atoms with E-state index < -0.39 is 5.82 Å². The van der Waals surface area contributed by atoms with Gasteiger partial charge in [-0.3, -0.25) is 4.79 Å². The second-order valence-corrected chi connectivity index (χ2v) is 6.82. The van der Waals surface area contributed by atoms with Gasteiger partial charge < -0.3 is 9.64 Å². The molecule has 130 valence electrons. The van der Waals surface area contributed by atoms with E-state index in [-0.39, 0.29) is 30.6 Å². The van der Waals surface area contributed by atoms with Gasteiger partial charge in [-0.2, -0.15) is 0 Å². The molecule has 0 bridgehead atoms. The van der Waals surface area contributed by atoms with Crippen molar-refractivity contribution in [2.24, 2.45) is 0 Å². The molecule has 0 saturated carbocycles. The summed E-state index contributed by atoms with van der Waals surface area (Å²) in [7, 11) is 1.61. The number of para-hydroxylation sites is 1. The molecular weight excluding hydrogens is 368 g/mol. The van der Waals surface area contributed by atoms with E-state index in [0.29, 0.717) is 20.0 Å². The molecule has 0 fully saturated rings. The second-order valence-electron chi connectivity index (χ2n) is 5.39. The fourth-order valence-corrected chi connectivity index (χ4v) is 3.84. The van der Waals surface area contributed by atoms with E-state index >= 15 is 0 Å². The quantitative estimate of drug-likeness (QED) is 0.623. The highest BCUT2D eigenvalue weighted by molar-refractivity contribution is 7.21. The van der Waals surface area contributed by atoms with Crippen molar-refractivity contribution in [2.45, 2.75) is 0 Å². The first-order valence-corrected chi connectivity index (χ1v) is 8.67. The number of hydrogen-bond acceptors (Lipinski definition) is 3. The Bertz CT molecular complexity index is 929. The number of amides is 1. The van der Waals surface area contributed by atoms with Crippen molar-refractivity contribution < 1.29 is 18.3 Å². The molecule has 0 aliphatic carbocycles. The van der Waals surface area contributed by atoms with Crippen LogP contribution in [0.2, 0.25) is 5.02 Å². The predicted molar refractivity (Wildman–Crippen MR) is 95.6 cm³/mol. The lowest BCUT2D eigenvalue weighted by Gasteiger charge is -2.17. The summed E-state index contributed by atoms with van der Waals surface area (Å²) in [6, 6.07) is 10.3. The number of halogens is 3. The van der Waals surface area contributed by atoms with E-state index in [1.165, 1.54) is 29.2 Å². The van der Waals surface area contributed by atoms with Gasteiger partial charge in [0.15, 0.2) is 11.6 Å². The Kier molecular flexibility index (Phi) is 5.20. The number of ether oxygens (including phenoxy) is 1. The topological polar surface area (TPSA) is 29.5 Å². The monoisotopic (exact) mass is 381 g/mol. The maximum atomic E-state index is 13.5. The first kappa shape index (κ1) is 17.6. The molecule has 0 N–H and O–H groups in total. The number of benzene rings is 2. The average molecular weight is 382 g/mol. The van der Waals surface area contributed by atoms with Crippen LogP contribution in [0.25, 0.3) is 10.1 Å². The Hall–Kier alpha value is -2.18. The van der Waals surface area contributed by atoms with Gasteiger partial charge in [0, 0.05) is 17.1 Å². The van der Waals surface area contributed by atoms with Crippen molar-refractivity contribution in [1.29, 1.82) is 0 Å². The summed E-state index contributed by atoms with van der Waals surface area (Å²) < 4.78 is 32.8. The molecule has 0 atom stereocenters. The maximum absolute atomic E-state index is 13.5. The van der Waals surface area contributed by atoms with E-state index in [0.717, 1.165) is 11.3 Å². The number of hydrogen-bond donors (Lipinski definition) is 0. The van der Waals surface area contributed by atoms with Gasteiger partial charge in [-0.25, -0.2) is 8.78 Å². The second kappa shape index (κ2) is 7.37. The van der Waals surface area contributed by atoms with Crippen LogP contribution in [0.15, 0.2) is 42.5 Å². The van der Waals surface area contributed by atoms with E-state index in [2.05, 4.69) is 0 Å². The molecular formula is C18H14ClF2NO2S. The zero-order chi connectivity index (χ0) is 18.0. The smallest absolute Gasteiger partial charge is 0.265 e. The minimum Gasteiger partial charge on any atom is -0.489 e. The van der Waals surface area contributed by atoms with Gasteiger partial charge in [-0.15, -0.1) is 11.3 Å². The summed E-state index contributed by atoms with van der Waals surface area (Å²) in [6.45, 7) is 0.395. The minimum absolute atomic E-state index is 0.138. The maximum Gasteiger partial charge on any atom is 0.265 e.